The van der Waals surface area contributed by atoms with Gasteiger partial charge in [-0.25, -0.2) is 27.9 Å². The molecule has 2 aromatic carbocycles. The fraction of sp³-hybridized carbons (Fsp3) is 0.527. The third kappa shape index (κ3) is 18.3. The minimum atomic E-state index is -4.05. The number of H-pyrrole nitrogens is 2. The van der Waals surface area contributed by atoms with E-state index < -0.39 is 160 Å². The molecular formula is C55H74FN7O25P2. The number of carbonyl (C=O) groups excluding carboxylic acids is 2. The van der Waals surface area contributed by atoms with Gasteiger partial charge in [0.05, 0.1) is 56.2 Å². The van der Waals surface area contributed by atoms with Crippen LogP contribution in [-0.2, 0) is 51.5 Å². The molecule has 90 heavy (non-hydrogen) atoms. The van der Waals surface area contributed by atoms with Gasteiger partial charge in [-0.1, -0.05) is 50.2 Å². The van der Waals surface area contributed by atoms with Crippen molar-refractivity contribution < 1.29 is 101 Å². The number of hydrogen-bond donors (Lipinski definition) is 10. The van der Waals surface area contributed by atoms with Crippen LogP contribution in [0.15, 0.2) is 121 Å². The van der Waals surface area contributed by atoms with E-state index in [0.717, 1.165) is 45.2 Å². The summed E-state index contributed by atoms with van der Waals surface area (Å²) in [5.41, 5.74) is -6.59. The molecule has 8 rings (SSSR count). The average molecular weight is 1310 g/mol. The molecule has 3 aliphatic heterocycles. The quantitative estimate of drug-likeness (QED) is 0.0251. The third-order valence-electron chi connectivity index (χ3n) is 13.8. The summed E-state index contributed by atoms with van der Waals surface area (Å²) in [7, 11) is -8.07. The van der Waals surface area contributed by atoms with Gasteiger partial charge in [-0.3, -0.25) is 62.6 Å². The number of hydrogen-bond acceptors (Lipinski definition) is 27. The first-order chi connectivity index (χ1) is 42.2. The standard InChI is InChI=1S/C23H30FN2O9P.C23H31N2O10P.C9H13N3O6/c1-14(2)33-20(29)15(3)13-36(31,35-16-8-6-5-7-9-16)32-12-17-19(28)23(4,24)21(34-17)26-11-10-18(27)25-22(26)30;1-14(2)33-20(28)15(3)13-36(31,35-16-8-6-5-7-9-16)32-12-17-19(27)23(4,30)21(34-17)25-11-10-18(26)24-22(25)29;13-3-4-6(14)7(15)8(18-4)12-2-1-5(11-17)10-9(12)16/h5-11,14-15,17,19,21,28H,12-13H2,1-4H3,(H,25,27,30);5-11,14-15,17,19,21,27,30H,12-13H2,1-4H3,(H,24,26,29);1-2,4,6-8,13-15,17H,3H2,(H,10,11,16)/t2*15-,17-,19+,21-,23?,36?;4-,6+,7?,8-/m111/s1. The van der Waals surface area contributed by atoms with E-state index >= 15 is 4.39 Å². The second kappa shape index (κ2) is 30.8. The third-order valence-corrected chi connectivity index (χ3v) is 17.8. The molecule has 0 spiro atoms. The molecule has 16 atom stereocenters. The molecule has 3 aromatic heterocycles. The Morgan fingerprint density at radius 3 is 1.49 bits per heavy atom. The number of benzene rings is 2. The van der Waals surface area contributed by atoms with Crippen LogP contribution in [0.25, 0.3) is 0 Å². The van der Waals surface area contributed by atoms with Crippen molar-refractivity contribution in [2.75, 3.05) is 37.6 Å². The van der Waals surface area contributed by atoms with Crippen molar-refractivity contribution in [1.29, 1.82) is 0 Å². The van der Waals surface area contributed by atoms with Gasteiger partial charge < -0.3 is 63.4 Å². The van der Waals surface area contributed by atoms with Crippen molar-refractivity contribution in [2.24, 2.45) is 11.8 Å². The predicted molar refractivity (Wildman–Crippen MR) is 311 cm³/mol. The Hall–Kier alpha value is -7.07. The number of ether oxygens (including phenoxy) is 5. The molecule has 0 radical (unpaired) electrons. The summed E-state index contributed by atoms with van der Waals surface area (Å²) in [6.45, 7) is 10.5. The number of para-hydroxylation sites is 2. The Morgan fingerprint density at radius 1 is 0.644 bits per heavy atom. The van der Waals surface area contributed by atoms with Crippen LogP contribution >= 0.6 is 15.2 Å². The average Bonchev–Trinajstić information content (AvgIpc) is 1.81. The first-order valence-electron chi connectivity index (χ1n) is 27.9. The minimum Gasteiger partial charge on any atom is -0.463 e. The lowest BCUT2D eigenvalue weighted by Crippen LogP contribution is -2.46. The molecular weight excluding hydrogens is 1240 g/mol. The SMILES string of the molecule is CC(C)OC(=O)[C@H](C)CP(=O)(OC[C@H]1O[C@@H](n2ccc(=O)[nH]c2=O)C(C)(F)[C@H]1O)Oc1ccccc1.CC(C)OC(=O)[C@H](C)CP(=O)(OC[C@H]1O[C@@H](n2ccc(=O)[nH]c2=O)C(C)(O)[C@H]1O)Oc1ccccc1.O=c1nc(NO)ccn1[C@@H]1O[C@H](CO)[C@H](O)C1O. The van der Waals surface area contributed by atoms with E-state index in [2.05, 4.69) is 9.97 Å². The molecule has 32 nitrogen and oxygen atoms in total. The lowest BCUT2D eigenvalue weighted by molar-refractivity contribution is -0.152. The van der Waals surface area contributed by atoms with Crippen LogP contribution in [0, 0.1) is 11.8 Å². The van der Waals surface area contributed by atoms with Gasteiger partial charge in [-0.2, -0.15) is 4.98 Å². The number of aliphatic hydroxyl groups is 6. The molecule has 0 saturated carbocycles. The predicted octanol–water partition coefficient (Wildman–Crippen LogP) is 1.48. The molecule has 0 aliphatic carbocycles. The molecule has 35 heteroatoms. The van der Waals surface area contributed by atoms with Gasteiger partial charge in [0.1, 0.15) is 59.8 Å². The molecule has 0 amide bonds. The maximum Gasteiger partial charge on any atom is 0.380 e. The van der Waals surface area contributed by atoms with Gasteiger partial charge in [0.15, 0.2) is 30.2 Å². The van der Waals surface area contributed by atoms with E-state index in [-0.39, 0.29) is 41.8 Å². The zero-order chi connectivity index (χ0) is 66.6. The van der Waals surface area contributed by atoms with Gasteiger partial charge >= 0.3 is 44.2 Å². The molecule has 5 unspecified atom stereocenters. The van der Waals surface area contributed by atoms with Gasteiger partial charge in [0.25, 0.3) is 11.1 Å². The van der Waals surface area contributed by atoms with Crippen LogP contribution in [0.4, 0.5) is 10.2 Å². The van der Waals surface area contributed by atoms with E-state index in [1.807, 2.05) is 4.98 Å². The number of esters is 2. The van der Waals surface area contributed by atoms with Crippen LogP contribution in [0.5, 0.6) is 11.5 Å². The van der Waals surface area contributed by atoms with Crippen molar-refractivity contribution in [3.8, 4) is 11.5 Å². The van der Waals surface area contributed by atoms with Crippen molar-refractivity contribution in [3.63, 3.8) is 0 Å². The van der Waals surface area contributed by atoms with Crippen molar-refractivity contribution >= 4 is 32.9 Å². The zero-order valence-electron chi connectivity index (χ0n) is 49.9. The number of carbonyl (C=O) groups is 2. The normalized spacial score (nSPS) is 27.4. The number of aromatic amines is 2. The first-order valence-corrected chi connectivity index (χ1v) is 31.4. The Morgan fingerprint density at radius 2 is 1.08 bits per heavy atom. The number of aromatic nitrogens is 6. The number of alkyl halides is 1. The van der Waals surface area contributed by atoms with E-state index in [9.17, 15) is 68.2 Å². The molecule has 10 N–H and O–H groups in total. The Bertz CT molecular complexity index is 3420. The zero-order valence-corrected chi connectivity index (χ0v) is 51.7. The van der Waals surface area contributed by atoms with Gasteiger partial charge in [-0.15, -0.1) is 0 Å². The van der Waals surface area contributed by atoms with Crippen LogP contribution in [0.2, 0.25) is 0 Å². The van der Waals surface area contributed by atoms with E-state index in [0.29, 0.717) is 0 Å². The van der Waals surface area contributed by atoms with Crippen LogP contribution in [0.3, 0.4) is 0 Å². The summed E-state index contributed by atoms with van der Waals surface area (Å²) in [5.74, 6) is -2.49. The van der Waals surface area contributed by atoms with E-state index in [4.69, 9.17) is 52.1 Å². The smallest absolute Gasteiger partial charge is 0.380 e. The molecule has 496 valence electrons. The molecule has 6 heterocycles. The lowest BCUT2D eigenvalue weighted by atomic mass is 9.96. The van der Waals surface area contributed by atoms with Crippen LogP contribution in [-0.4, -0.2) is 175 Å². The highest BCUT2D eigenvalue weighted by atomic mass is 31.2. The molecule has 3 fully saturated rings. The fourth-order valence-corrected chi connectivity index (χ4v) is 12.9. The molecule has 5 aromatic rings. The van der Waals surface area contributed by atoms with Crippen molar-refractivity contribution in [1.82, 2.24) is 28.7 Å². The van der Waals surface area contributed by atoms with E-state index in [1.54, 1.807) is 93.8 Å². The van der Waals surface area contributed by atoms with E-state index in [1.165, 1.54) is 33.0 Å². The van der Waals surface area contributed by atoms with Crippen molar-refractivity contribution in [2.45, 2.75) is 140 Å². The van der Waals surface area contributed by atoms with Gasteiger partial charge in [0, 0.05) is 30.7 Å². The number of rotatable bonds is 23. The topological polar surface area (TPSA) is 450 Å². The minimum absolute atomic E-state index is 0.0528. The number of halogens is 1. The summed E-state index contributed by atoms with van der Waals surface area (Å²) in [5, 5.41) is 68.9. The number of aliphatic hydroxyl groups excluding tert-OH is 5. The molecule has 3 saturated heterocycles. The highest BCUT2D eigenvalue weighted by molar-refractivity contribution is 7.54. The maximum atomic E-state index is 15.4. The van der Waals surface area contributed by atoms with Crippen LogP contribution in [0.1, 0.15) is 74.1 Å². The van der Waals surface area contributed by atoms with Crippen LogP contribution < -0.4 is 42.7 Å². The summed E-state index contributed by atoms with van der Waals surface area (Å²) in [4.78, 5) is 90.8. The number of anilines is 1. The lowest BCUT2D eigenvalue weighted by Gasteiger charge is -2.27. The second-order valence-electron chi connectivity index (χ2n) is 22.0. The largest absolute Gasteiger partial charge is 0.463 e. The Balaban J connectivity index is 0.000000227. The number of nitrogens with one attached hydrogen (secondary N) is 3. The van der Waals surface area contributed by atoms with Crippen molar-refractivity contribution in [3.05, 3.63) is 150 Å². The summed E-state index contributed by atoms with van der Waals surface area (Å²) >= 11 is 0. The summed E-state index contributed by atoms with van der Waals surface area (Å²) in [6.07, 6.45) is -11.6. The van der Waals surface area contributed by atoms with Gasteiger partial charge in [-0.05, 0) is 71.9 Å². The monoisotopic (exact) mass is 1310 g/mol. The summed E-state index contributed by atoms with van der Waals surface area (Å²) < 4.78 is 94.8. The Labute approximate surface area is 511 Å². The maximum absolute atomic E-state index is 15.4. The Kier molecular flexibility index (Phi) is 24.7. The van der Waals surface area contributed by atoms with Gasteiger partial charge in [0.2, 0.25) is 0 Å². The highest BCUT2D eigenvalue weighted by Gasteiger charge is 2.57. The summed E-state index contributed by atoms with van der Waals surface area (Å²) in [6, 6.07) is 19.7. The fourth-order valence-electron chi connectivity index (χ4n) is 9.14. The highest BCUT2D eigenvalue weighted by Crippen LogP contribution is 2.53. The molecule has 3 aliphatic rings. The first kappa shape index (κ1) is 72.0. The second-order valence-corrected chi connectivity index (χ2v) is 26.0. The number of nitrogens with zero attached hydrogens (tertiary/aromatic N) is 4. The molecule has 0 bridgehead atoms.